The summed E-state index contributed by atoms with van der Waals surface area (Å²) >= 11 is 10.2. The van der Waals surface area contributed by atoms with E-state index in [1.807, 2.05) is 49.4 Å². The number of thiocarbonyl (C=S) groups is 1. The molecule has 0 spiro atoms. The number of rotatable bonds is 5. The maximum absolute atomic E-state index is 13.3. The Bertz CT molecular complexity index is 1080. The molecule has 7 heteroatoms. The lowest BCUT2D eigenvalue weighted by Gasteiger charge is -2.16. The van der Waals surface area contributed by atoms with Gasteiger partial charge >= 0.3 is 0 Å². The zero-order chi connectivity index (χ0) is 21.4. The zero-order valence-corrected chi connectivity index (χ0v) is 20.0. The molecule has 4 nitrogen and oxygen atoms in total. The number of thioether (sulfide) groups is 1. The van der Waals surface area contributed by atoms with Gasteiger partial charge in [-0.05, 0) is 37.1 Å². The maximum atomic E-state index is 13.3. The van der Waals surface area contributed by atoms with Crippen LogP contribution in [0.4, 0.5) is 5.69 Å². The molecule has 0 radical (unpaired) electrons. The van der Waals surface area contributed by atoms with E-state index in [1.54, 1.807) is 9.80 Å². The van der Waals surface area contributed by atoms with E-state index in [0.717, 1.165) is 39.7 Å². The van der Waals surface area contributed by atoms with Gasteiger partial charge in [0.05, 0.1) is 22.7 Å². The smallest absolute Gasteiger partial charge is 0.267 e. The normalized spacial score (nSPS) is 18.6. The van der Waals surface area contributed by atoms with Gasteiger partial charge < -0.3 is 4.90 Å². The lowest BCUT2D eigenvalue weighted by molar-refractivity contribution is -0.122. The van der Waals surface area contributed by atoms with E-state index in [-0.39, 0.29) is 11.8 Å². The number of aryl methyl sites for hydroxylation is 1. The Kier molecular flexibility index (Phi) is 6.14. The zero-order valence-electron chi connectivity index (χ0n) is 16.8. The SMILES string of the molecule is CCCCN1C(=O)/C(=C2\SC(=S)N(Cc3ccc(C)cc3)C2=O)c2cc(Br)ccc21. The molecule has 0 saturated carbocycles. The average molecular weight is 501 g/mol. The number of amides is 2. The molecule has 154 valence electrons. The predicted octanol–water partition coefficient (Wildman–Crippen LogP) is 5.68. The average Bonchev–Trinajstić information content (AvgIpc) is 3.14. The molecule has 0 atom stereocenters. The van der Waals surface area contributed by atoms with Crippen LogP contribution in [0.5, 0.6) is 0 Å². The van der Waals surface area contributed by atoms with Gasteiger partial charge in [-0.15, -0.1) is 0 Å². The van der Waals surface area contributed by atoms with E-state index >= 15 is 0 Å². The van der Waals surface area contributed by atoms with Crippen LogP contribution in [0.3, 0.4) is 0 Å². The second-order valence-corrected chi connectivity index (χ2v) is 9.98. The van der Waals surface area contributed by atoms with Gasteiger partial charge in [0.15, 0.2) is 0 Å². The van der Waals surface area contributed by atoms with E-state index < -0.39 is 0 Å². The topological polar surface area (TPSA) is 40.6 Å². The van der Waals surface area contributed by atoms with Gasteiger partial charge in [-0.1, -0.05) is 83.1 Å². The molecule has 2 aliphatic rings. The number of benzene rings is 2. The summed E-state index contributed by atoms with van der Waals surface area (Å²) in [6.07, 6.45) is 1.90. The van der Waals surface area contributed by atoms with Crippen LogP contribution in [-0.4, -0.2) is 27.6 Å². The Morgan fingerprint density at radius 2 is 1.77 bits per heavy atom. The highest BCUT2D eigenvalue weighted by Crippen LogP contribution is 2.45. The van der Waals surface area contributed by atoms with Crippen molar-refractivity contribution in [1.82, 2.24) is 4.90 Å². The summed E-state index contributed by atoms with van der Waals surface area (Å²) in [5, 5.41) is 0. The highest BCUT2D eigenvalue weighted by Gasteiger charge is 2.41. The Labute approximate surface area is 194 Å². The highest BCUT2D eigenvalue weighted by molar-refractivity contribution is 9.10. The fraction of sp³-hybridized carbons (Fsp3) is 0.261. The number of halogens is 1. The van der Waals surface area contributed by atoms with E-state index in [2.05, 4.69) is 22.9 Å². The molecule has 4 rings (SSSR count). The number of carbonyl (C=O) groups is 2. The molecule has 0 unspecified atom stereocenters. The number of hydrogen-bond donors (Lipinski definition) is 0. The monoisotopic (exact) mass is 500 g/mol. The molecule has 0 aliphatic carbocycles. The molecule has 30 heavy (non-hydrogen) atoms. The van der Waals surface area contributed by atoms with E-state index in [9.17, 15) is 9.59 Å². The molecule has 2 amide bonds. The molecule has 1 fully saturated rings. The van der Waals surface area contributed by atoms with Crippen LogP contribution in [0.2, 0.25) is 0 Å². The Morgan fingerprint density at radius 1 is 1.03 bits per heavy atom. The Balaban J connectivity index is 1.72. The number of fused-ring (bicyclic) bond motifs is 1. The molecule has 0 bridgehead atoms. The van der Waals surface area contributed by atoms with Crippen molar-refractivity contribution in [2.75, 3.05) is 11.4 Å². The predicted molar refractivity (Wildman–Crippen MR) is 130 cm³/mol. The van der Waals surface area contributed by atoms with Gasteiger partial charge in [-0.25, -0.2) is 0 Å². The third kappa shape index (κ3) is 3.86. The third-order valence-corrected chi connectivity index (χ3v) is 7.19. The third-order valence-electron chi connectivity index (χ3n) is 5.25. The maximum Gasteiger partial charge on any atom is 0.267 e. The molecule has 2 aromatic carbocycles. The van der Waals surface area contributed by atoms with E-state index in [0.29, 0.717) is 27.9 Å². The van der Waals surface area contributed by atoms with Gasteiger partial charge in [0.1, 0.15) is 4.32 Å². The van der Waals surface area contributed by atoms with Crippen molar-refractivity contribution in [3.05, 3.63) is 68.5 Å². The van der Waals surface area contributed by atoms with Crippen LogP contribution in [0.1, 0.15) is 36.5 Å². The summed E-state index contributed by atoms with van der Waals surface area (Å²) in [4.78, 5) is 30.5. The van der Waals surface area contributed by atoms with Gasteiger partial charge in [-0.3, -0.25) is 14.5 Å². The number of carbonyl (C=O) groups excluding carboxylic acids is 2. The van der Waals surface area contributed by atoms with Crippen molar-refractivity contribution in [2.24, 2.45) is 0 Å². The number of anilines is 1. The summed E-state index contributed by atoms with van der Waals surface area (Å²) in [6, 6.07) is 13.8. The largest absolute Gasteiger partial charge is 0.308 e. The number of hydrogen-bond acceptors (Lipinski definition) is 4. The standard InChI is InChI=1S/C23H21BrN2O2S2/c1-3-4-11-25-18-10-9-16(24)12-17(18)19(21(25)27)20-22(28)26(23(29)30-20)13-15-7-5-14(2)6-8-15/h5-10,12H,3-4,11,13H2,1-2H3/b20-19-. The first-order chi connectivity index (χ1) is 14.4. The first kappa shape index (κ1) is 21.3. The Hall–Kier alpha value is -1.96. The lowest BCUT2D eigenvalue weighted by atomic mass is 10.1. The summed E-state index contributed by atoms with van der Waals surface area (Å²) in [5.74, 6) is -0.315. The number of unbranched alkanes of at least 4 members (excludes halogenated alkanes) is 1. The molecular formula is C23H21BrN2O2S2. The van der Waals surface area contributed by atoms with Crippen LogP contribution in [0.15, 0.2) is 51.8 Å². The Morgan fingerprint density at radius 3 is 2.47 bits per heavy atom. The van der Waals surface area contributed by atoms with Crippen molar-refractivity contribution in [3.8, 4) is 0 Å². The minimum Gasteiger partial charge on any atom is -0.308 e. The van der Waals surface area contributed by atoms with Crippen molar-refractivity contribution >= 4 is 67.3 Å². The second kappa shape index (κ2) is 8.65. The first-order valence-corrected chi connectivity index (χ1v) is 11.9. The van der Waals surface area contributed by atoms with Crippen molar-refractivity contribution < 1.29 is 9.59 Å². The fourth-order valence-electron chi connectivity index (χ4n) is 3.62. The molecular weight excluding hydrogens is 480 g/mol. The first-order valence-electron chi connectivity index (χ1n) is 9.86. The molecule has 0 N–H and O–H groups in total. The molecule has 2 aromatic rings. The van der Waals surface area contributed by atoms with Crippen molar-refractivity contribution in [3.63, 3.8) is 0 Å². The van der Waals surface area contributed by atoms with Gasteiger partial charge in [0.2, 0.25) is 0 Å². The second-order valence-electron chi connectivity index (χ2n) is 7.42. The summed E-state index contributed by atoms with van der Waals surface area (Å²) < 4.78 is 1.36. The lowest BCUT2D eigenvalue weighted by Crippen LogP contribution is -2.29. The van der Waals surface area contributed by atoms with Crippen molar-refractivity contribution in [1.29, 1.82) is 0 Å². The van der Waals surface area contributed by atoms with E-state index in [1.165, 1.54) is 11.8 Å². The molecule has 2 heterocycles. The van der Waals surface area contributed by atoms with Crippen molar-refractivity contribution in [2.45, 2.75) is 33.2 Å². The van der Waals surface area contributed by atoms with Gasteiger partial charge in [0, 0.05) is 16.6 Å². The summed E-state index contributed by atoms with van der Waals surface area (Å²) in [7, 11) is 0. The van der Waals surface area contributed by atoms with Crippen LogP contribution in [0.25, 0.3) is 5.57 Å². The van der Waals surface area contributed by atoms with Gasteiger partial charge in [0.25, 0.3) is 11.8 Å². The minimum absolute atomic E-state index is 0.118. The molecule has 1 saturated heterocycles. The fourth-order valence-corrected chi connectivity index (χ4v) is 5.31. The van der Waals surface area contributed by atoms with E-state index in [4.69, 9.17) is 12.2 Å². The molecule has 2 aliphatic heterocycles. The van der Waals surface area contributed by atoms with Gasteiger partial charge in [-0.2, -0.15) is 0 Å². The van der Waals surface area contributed by atoms with Crippen LogP contribution in [0, 0.1) is 6.92 Å². The highest BCUT2D eigenvalue weighted by atomic mass is 79.9. The van der Waals surface area contributed by atoms with Crippen LogP contribution >= 0.6 is 39.9 Å². The number of nitrogens with zero attached hydrogens (tertiary/aromatic N) is 2. The van der Waals surface area contributed by atoms with Crippen LogP contribution < -0.4 is 4.90 Å². The minimum atomic E-state index is -0.197. The summed E-state index contributed by atoms with van der Waals surface area (Å²) in [6.45, 7) is 5.16. The quantitative estimate of drug-likeness (QED) is 0.391. The summed E-state index contributed by atoms with van der Waals surface area (Å²) in [5.41, 5.74) is 4.29. The van der Waals surface area contributed by atoms with Crippen LogP contribution in [-0.2, 0) is 16.1 Å². The molecule has 0 aromatic heterocycles.